The van der Waals surface area contributed by atoms with Crippen molar-refractivity contribution in [3.8, 4) is 0 Å². The number of nitrogens with two attached hydrogens (primary N) is 1. The minimum Gasteiger partial charge on any atom is -0.326 e. The average Bonchev–Trinajstić information content (AvgIpc) is 2.55. The average molecular weight is 254 g/mol. The Labute approximate surface area is 114 Å². The molecule has 2 atom stereocenters. The zero-order valence-corrected chi connectivity index (χ0v) is 13.2. The maximum atomic E-state index is 6.41. The lowest BCUT2D eigenvalue weighted by atomic mass is 9.79. The standard InChI is InChI=1S/C16H34N2/c1-6-14(17)15(16(2,3)4)18(5)13-11-9-7-8-10-12-13/h13-15H,6-12,17H2,1-5H3. The van der Waals surface area contributed by atoms with Crippen LogP contribution >= 0.6 is 0 Å². The van der Waals surface area contributed by atoms with Crippen molar-refractivity contribution in [1.82, 2.24) is 4.90 Å². The van der Waals surface area contributed by atoms with Crippen molar-refractivity contribution < 1.29 is 0 Å². The Morgan fingerprint density at radius 1 is 1.11 bits per heavy atom. The van der Waals surface area contributed by atoms with Crippen molar-refractivity contribution in [1.29, 1.82) is 0 Å². The van der Waals surface area contributed by atoms with Crippen molar-refractivity contribution in [2.24, 2.45) is 11.1 Å². The molecule has 18 heavy (non-hydrogen) atoms. The monoisotopic (exact) mass is 254 g/mol. The smallest absolute Gasteiger partial charge is 0.0295 e. The Kier molecular flexibility index (Phi) is 6.13. The molecule has 1 aliphatic rings. The van der Waals surface area contributed by atoms with E-state index < -0.39 is 0 Å². The van der Waals surface area contributed by atoms with Gasteiger partial charge in [0.2, 0.25) is 0 Å². The second-order valence-corrected chi connectivity index (χ2v) is 7.19. The van der Waals surface area contributed by atoms with E-state index in [4.69, 9.17) is 5.73 Å². The topological polar surface area (TPSA) is 29.3 Å². The molecule has 1 aliphatic carbocycles. The maximum Gasteiger partial charge on any atom is 0.0295 e. The molecule has 0 saturated heterocycles. The van der Waals surface area contributed by atoms with Crippen molar-refractivity contribution in [2.75, 3.05) is 7.05 Å². The van der Waals surface area contributed by atoms with Crippen LogP contribution in [0.2, 0.25) is 0 Å². The van der Waals surface area contributed by atoms with Crippen LogP contribution in [-0.4, -0.2) is 30.1 Å². The first-order valence-electron chi connectivity index (χ1n) is 7.85. The van der Waals surface area contributed by atoms with E-state index in [-0.39, 0.29) is 5.41 Å². The minimum absolute atomic E-state index is 0.260. The molecule has 0 aromatic heterocycles. The van der Waals surface area contributed by atoms with Gasteiger partial charge in [0, 0.05) is 18.1 Å². The van der Waals surface area contributed by atoms with Crippen LogP contribution in [-0.2, 0) is 0 Å². The molecule has 2 N–H and O–H groups in total. The van der Waals surface area contributed by atoms with Crippen LogP contribution in [0.5, 0.6) is 0 Å². The quantitative estimate of drug-likeness (QED) is 0.773. The summed E-state index contributed by atoms with van der Waals surface area (Å²) in [5.74, 6) is 0. The number of hydrogen-bond acceptors (Lipinski definition) is 2. The van der Waals surface area contributed by atoms with Crippen LogP contribution in [0.4, 0.5) is 0 Å². The number of hydrogen-bond donors (Lipinski definition) is 1. The molecule has 0 aromatic rings. The molecule has 0 aliphatic heterocycles. The van der Waals surface area contributed by atoms with Gasteiger partial charge in [0.1, 0.15) is 0 Å². The van der Waals surface area contributed by atoms with E-state index in [0.29, 0.717) is 12.1 Å². The predicted molar refractivity (Wildman–Crippen MR) is 80.8 cm³/mol. The summed E-state index contributed by atoms with van der Waals surface area (Å²) in [6.07, 6.45) is 9.42. The van der Waals surface area contributed by atoms with Crippen LogP contribution in [0, 0.1) is 5.41 Å². The molecule has 2 nitrogen and oxygen atoms in total. The molecule has 0 aromatic carbocycles. The van der Waals surface area contributed by atoms with Gasteiger partial charge in [0.05, 0.1) is 0 Å². The second-order valence-electron chi connectivity index (χ2n) is 7.19. The Morgan fingerprint density at radius 2 is 1.61 bits per heavy atom. The van der Waals surface area contributed by atoms with Gasteiger partial charge < -0.3 is 5.73 Å². The summed E-state index contributed by atoms with van der Waals surface area (Å²) in [5.41, 5.74) is 6.67. The molecule has 0 spiro atoms. The lowest BCUT2D eigenvalue weighted by Gasteiger charge is -2.45. The zero-order valence-electron chi connectivity index (χ0n) is 13.2. The Balaban J connectivity index is 2.77. The number of likely N-dealkylation sites (N-methyl/N-ethyl adjacent to an activating group) is 1. The van der Waals surface area contributed by atoms with Crippen LogP contribution < -0.4 is 5.73 Å². The van der Waals surface area contributed by atoms with E-state index in [1.807, 2.05) is 0 Å². The third-order valence-electron chi connectivity index (χ3n) is 4.60. The fraction of sp³-hybridized carbons (Fsp3) is 1.00. The fourth-order valence-electron chi connectivity index (χ4n) is 3.67. The predicted octanol–water partition coefficient (Wildman–Crippen LogP) is 3.79. The highest BCUT2D eigenvalue weighted by molar-refractivity contribution is 4.92. The van der Waals surface area contributed by atoms with Crippen molar-refractivity contribution in [3.05, 3.63) is 0 Å². The lowest BCUT2D eigenvalue weighted by Crippen LogP contribution is -2.56. The third-order valence-corrected chi connectivity index (χ3v) is 4.60. The molecule has 0 radical (unpaired) electrons. The normalized spacial score (nSPS) is 22.8. The zero-order chi connectivity index (χ0) is 13.8. The summed E-state index contributed by atoms with van der Waals surface area (Å²) < 4.78 is 0. The first kappa shape index (κ1) is 16.0. The highest BCUT2D eigenvalue weighted by atomic mass is 15.2. The molecule has 1 saturated carbocycles. The Morgan fingerprint density at radius 3 is 2.00 bits per heavy atom. The molecule has 2 heteroatoms. The van der Waals surface area contributed by atoms with Gasteiger partial charge in [-0.1, -0.05) is 53.4 Å². The number of nitrogens with zero attached hydrogens (tertiary/aromatic N) is 1. The van der Waals surface area contributed by atoms with Crippen LogP contribution in [0.15, 0.2) is 0 Å². The number of rotatable bonds is 4. The summed E-state index contributed by atoms with van der Waals surface area (Å²) in [7, 11) is 2.31. The first-order chi connectivity index (χ1) is 8.38. The molecule has 0 heterocycles. The van der Waals surface area contributed by atoms with Crippen molar-refractivity contribution >= 4 is 0 Å². The van der Waals surface area contributed by atoms with Gasteiger partial charge in [-0.05, 0) is 31.7 Å². The van der Waals surface area contributed by atoms with Gasteiger partial charge >= 0.3 is 0 Å². The van der Waals surface area contributed by atoms with E-state index in [1.54, 1.807) is 0 Å². The molecule has 1 rings (SSSR count). The van der Waals surface area contributed by atoms with Gasteiger partial charge in [-0.3, -0.25) is 4.90 Å². The van der Waals surface area contributed by atoms with E-state index in [9.17, 15) is 0 Å². The van der Waals surface area contributed by atoms with E-state index in [0.717, 1.165) is 12.5 Å². The molecule has 2 unspecified atom stereocenters. The minimum atomic E-state index is 0.260. The molecule has 0 amide bonds. The van der Waals surface area contributed by atoms with E-state index >= 15 is 0 Å². The first-order valence-corrected chi connectivity index (χ1v) is 7.85. The highest BCUT2D eigenvalue weighted by Gasteiger charge is 2.35. The Bertz CT molecular complexity index is 224. The SMILES string of the molecule is CCC(N)C(N(C)C1CCCCCC1)C(C)(C)C. The lowest BCUT2D eigenvalue weighted by molar-refractivity contribution is 0.0569. The molecule has 1 fully saturated rings. The van der Waals surface area contributed by atoms with Crippen LogP contribution in [0.1, 0.15) is 72.6 Å². The summed E-state index contributed by atoms with van der Waals surface area (Å²) in [6, 6.07) is 1.53. The maximum absolute atomic E-state index is 6.41. The fourth-order valence-corrected chi connectivity index (χ4v) is 3.67. The highest BCUT2D eigenvalue weighted by Crippen LogP contribution is 2.31. The summed E-state index contributed by atoms with van der Waals surface area (Å²) in [4.78, 5) is 2.61. The third kappa shape index (κ3) is 4.24. The van der Waals surface area contributed by atoms with Gasteiger partial charge in [0.15, 0.2) is 0 Å². The van der Waals surface area contributed by atoms with Gasteiger partial charge in [0.25, 0.3) is 0 Å². The Hall–Kier alpha value is -0.0800. The van der Waals surface area contributed by atoms with Crippen LogP contribution in [0.3, 0.4) is 0 Å². The van der Waals surface area contributed by atoms with Crippen molar-refractivity contribution in [3.63, 3.8) is 0 Å². The van der Waals surface area contributed by atoms with Gasteiger partial charge in [-0.15, -0.1) is 0 Å². The molecule has 0 bridgehead atoms. The van der Waals surface area contributed by atoms with E-state index in [1.165, 1.54) is 38.5 Å². The summed E-state index contributed by atoms with van der Waals surface area (Å²) in [6.45, 7) is 9.21. The molecular formula is C16H34N2. The molecular weight excluding hydrogens is 220 g/mol. The van der Waals surface area contributed by atoms with Crippen LogP contribution in [0.25, 0.3) is 0 Å². The second kappa shape index (κ2) is 6.91. The largest absolute Gasteiger partial charge is 0.326 e. The van der Waals surface area contributed by atoms with Gasteiger partial charge in [-0.25, -0.2) is 0 Å². The van der Waals surface area contributed by atoms with Gasteiger partial charge in [-0.2, -0.15) is 0 Å². The summed E-state index contributed by atoms with van der Waals surface area (Å²) >= 11 is 0. The van der Waals surface area contributed by atoms with Crippen molar-refractivity contribution in [2.45, 2.75) is 90.8 Å². The van der Waals surface area contributed by atoms with E-state index in [2.05, 4.69) is 39.6 Å². The molecule has 108 valence electrons. The summed E-state index contributed by atoms with van der Waals surface area (Å²) in [5, 5.41) is 0.